The molecule has 1 aromatic heterocycles. The largest absolute Gasteiger partial charge is 0.372 e. The number of ether oxygens (including phenoxy) is 1. The van der Waals surface area contributed by atoms with Gasteiger partial charge in [0.25, 0.3) is 5.91 Å². The Morgan fingerprint density at radius 2 is 1.88 bits per heavy atom. The zero-order chi connectivity index (χ0) is 18.4. The fraction of sp³-hybridized carbons (Fsp3) is 0.474. The molecule has 26 heavy (non-hydrogen) atoms. The van der Waals surface area contributed by atoms with Crippen LogP contribution >= 0.6 is 23.2 Å². The van der Waals surface area contributed by atoms with Crippen LogP contribution in [0, 0.1) is 0 Å². The monoisotopic (exact) mass is 393 g/mol. The van der Waals surface area contributed by atoms with Gasteiger partial charge < -0.3 is 9.64 Å². The molecular formula is C19H21Cl2N3O2. The molecule has 2 fully saturated rings. The van der Waals surface area contributed by atoms with Crippen molar-refractivity contribution in [3.8, 4) is 5.69 Å². The molecule has 2 aromatic rings. The van der Waals surface area contributed by atoms with Crippen molar-refractivity contribution in [2.45, 2.75) is 44.8 Å². The highest BCUT2D eigenvalue weighted by atomic mass is 35.5. The molecule has 1 saturated carbocycles. The average molecular weight is 394 g/mol. The highest BCUT2D eigenvalue weighted by molar-refractivity contribution is 6.35. The Bertz CT molecular complexity index is 837. The standard InChI is InChI=1S/C19H21Cl2N3O2/c1-11-9-23(10-12(2)26-11)19(25)15-8-22-24(18(15)13-3-4-13)17-6-5-14(20)7-16(17)21/h5-8,11-13H,3-4,9-10H2,1-2H3/t11-,12-/m1/s1. The third-order valence-electron chi connectivity index (χ3n) is 4.85. The van der Waals surface area contributed by atoms with Gasteiger partial charge in [-0.15, -0.1) is 0 Å². The minimum Gasteiger partial charge on any atom is -0.372 e. The van der Waals surface area contributed by atoms with E-state index in [0.29, 0.717) is 34.6 Å². The summed E-state index contributed by atoms with van der Waals surface area (Å²) < 4.78 is 7.55. The fourth-order valence-electron chi connectivity index (χ4n) is 3.63. The molecule has 0 N–H and O–H groups in total. The normalized spacial score (nSPS) is 23.3. The third-order valence-corrected chi connectivity index (χ3v) is 5.38. The Morgan fingerprint density at radius 3 is 2.50 bits per heavy atom. The van der Waals surface area contributed by atoms with E-state index >= 15 is 0 Å². The lowest BCUT2D eigenvalue weighted by Crippen LogP contribution is -2.48. The number of amides is 1. The van der Waals surface area contributed by atoms with Crippen LogP contribution in [0.1, 0.15) is 48.7 Å². The summed E-state index contributed by atoms with van der Waals surface area (Å²) in [6.45, 7) is 5.18. The van der Waals surface area contributed by atoms with Crippen molar-refractivity contribution >= 4 is 29.1 Å². The molecule has 2 atom stereocenters. The van der Waals surface area contributed by atoms with Gasteiger partial charge in [-0.05, 0) is 44.9 Å². The predicted molar refractivity (Wildman–Crippen MR) is 101 cm³/mol. The second-order valence-electron chi connectivity index (χ2n) is 7.19. The molecule has 0 spiro atoms. The zero-order valence-electron chi connectivity index (χ0n) is 14.8. The van der Waals surface area contributed by atoms with Gasteiger partial charge in [-0.1, -0.05) is 23.2 Å². The molecule has 2 heterocycles. The number of carbonyl (C=O) groups excluding carboxylic acids is 1. The van der Waals surface area contributed by atoms with Crippen LogP contribution < -0.4 is 0 Å². The van der Waals surface area contributed by atoms with Crippen LogP contribution in [0.3, 0.4) is 0 Å². The van der Waals surface area contributed by atoms with Gasteiger partial charge >= 0.3 is 0 Å². The quantitative estimate of drug-likeness (QED) is 0.780. The molecule has 1 aliphatic heterocycles. The lowest BCUT2D eigenvalue weighted by Gasteiger charge is -2.35. The maximum absolute atomic E-state index is 13.2. The van der Waals surface area contributed by atoms with Crippen LogP contribution in [0.15, 0.2) is 24.4 Å². The smallest absolute Gasteiger partial charge is 0.257 e. The summed E-state index contributed by atoms with van der Waals surface area (Å²) in [7, 11) is 0. The van der Waals surface area contributed by atoms with Crippen molar-refractivity contribution in [2.24, 2.45) is 0 Å². The summed E-state index contributed by atoms with van der Waals surface area (Å²) in [5.41, 5.74) is 2.37. The van der Waals surface area contributed by atoms with Crippen LogP contribution in [0.5, 0.6) is 0 Å². The molecule has 138 valence electrons. The minimum absolute atomic E-state index is 0.0187. The first-order valence-corrected chi connectivity index (χ1v) is 9.67. The van der Waals surface area contributed by atoms with Crippen molar-refractivity contribution in [3.63, 3.8) is 0 Å². The van der Waals surface area contributed by atoms with Gasteiger partial charge in [0.1, 0.15) is 0 Å². The van der Waals surface area contributed by atoms with Crippen molar-refractivity contribution in [2.75, 3.05) is 13.1 Å². The lowest BCUT2D eigenvalue weighted by molar-refractivity contribution is -0.0586. The first-order valence-electron chi connectivity index (χ1n) is 8.92. The molecule has 4 rings (SSSR count). The number of aromatic nitrogens is 2. The molecule has 1 aromatic carbocycles. The molecule has 5 nitrogen and oxygen atoms in total. The first kappa shape index (κ1) is 17.8. The molecule has 1 saturated heterocycles. The second kappa shape index (κ2) is 6.87. The third kappa shape index (κ3) is 3.36. The molecule has 2 aliphatic rings. The zero-order valence-corrected chi connectivity index (χ0v) is 16.3. The minimum atomic E-state index is 0.0187. The van der Waals surface area contributed by atoms with E-state index in [1.165, 1.54) is 0 Å². The van der Waals surface area contributed by atoms with Crippen molar-refractivity contribution in [1.82, 2.24) is 14.7 Å². The van der Waals surface area contributed by atoms with Gasteiger partial charge in [-0.25, -0.2) is 4.68 Å². The summed E-state index contributed by atoms with van der Waals surface area (Å²) in [4.78, 5) is 15.1. The highest BCUT2D eigenvalue weighted by Gasteiger charge is 2.36. The van der Waals surface area contributed by atoms with Gasteiger partial charge in [0.05, 0.1) is 40.4 Å². The number of halogens is 2. The van der Waals surface area contributed by atoms with Gasteiger partial charge in [-0.2, -0.15) is 5.10 Å². The van der Waals surface area contributed by atoms with E-state index in [-0.39, 0.29) is 18.1 Å². The molecule has 1 aliphatic carbocycles. The number of morpholine rings is 1. The van der Waals surface area contributed by atoms with Crippen LogP contribution in [0.2, 0.25) is 10.0 Å². The Hall–Kier alpha value is -1.56. The van der Waals surface area contributed by atoms with E-state index in [2.05, 4.69) is 5.10 Å². The van der Waals surface area contributed by atoms with Crippen molar-refractivity contribution in [3.05, 3.63) is 45.7 Å². The van der Waals surface area contributed by atoms with Gasteiger partial charge in [0.15, 0.2) is 0 Å². The van der Waals surface area contributed by atoms with Gasteiger partial charge in [-0.3, -0.25) is 4.79 Å². The number of benzene rings is 1. The number of carbonyl (C=O) groups is 1. The Kier molecular flexibility index (Phi) is 4.71. The Morgan fingerprint density at radius 1 is 1.19 bits per heavy atom. The number of hydrogen-bond acceptors (Lipinski definition) is 3. The summed E-state index contributed by atoms with van der Waals surface area (Å²) in [5, 5.41) is 5.60. The van der Waals surface area contributed by atoms with E-state index in [0.717, 1.165) is 24.2 Å². The van der Waals surface area contributed by atoms with Gasteiger partial charge in [0.2, 0.25) is 0 Å². The maximum atomic E-state index is 13.2. The van der Waals surface area contributed by atoms with Crippen LogP contribution in [0.25, 0.3) is 5.69 Å². The molecule has 1 amide bonds. The maximum Gasteiger partial charge on any atom is 0.257 e. The van der Waals surface area contributed by atoms with Crippen molar-refractivity contribution in [1.29, 1.82) is 0 Å². The molecule has 0 bridgehead atoms. The average Bonchev–Trinajstić information content (AvgIpc) is 3.32. The number of hydrogen-bond donors (Lipinski definition) is 0. The predicted octanol–water partition coefficient (Wildman–Crippen LogP) is 4.31. The van der Waals surface area contributed by atoms with E-state index < -0.39 is 0 Å². The summed E-state index contributed by atoms with van der Waals surface area (Å²) in [6.07, 6.45) is 3.87. The fourth-order valence-corrected chi connectivity index (χ4v) is 4.12. The number of rotatable bonds is 3. The van der Waals surface area contributed by atoms with E-state index in [1.54, 1.807) is 23.0 Å². The summed E-state index contributed by atoms with van der Waals surface area (Å²) >= 11 is 12.4. The van der Waals surface area contributed by atoms with Crippen LogP contribution in [0.4, 0.5) is 0 Å². The lowest BCUT2D eigenvalue weighted by atomic mass is 10.1. The summed E-state index contributed by atoms with van der Waals surface area (Å²) in [6, 6.07) is 5.33. The molecule has 7 heteroatoms. The SMILES string of the molecule is C[C@@H]1CN(C(=O)c2cnn(-c3ccc(Cl)cc3Cl)c2C2CC2)C[C@@H](C)O1. The molecule has 0 unspecified atom stereocenters. The first-order chi connectivity index (χ1) is 12.4. The van der Waals surface area contributed by atoms with E-state index in [9.17, 15) is 4.79 Å². The van der Waals surface area contributed by atoms with Crippen molar-refractivity contribution < 1.29 is 9.53 Å². The highest BCUT2D eigenvalue weighted by Crippen LogP contribution is 2.43. The molecule has 0 radical (unpaired) electrons. The van der Waals surface area contributed by atoms with Gasteiger partial charge in [0, 0.05) is 24.0 Å². The van der Waals surface area contributed by atoms with Crippen LogP contribution in [-0.2, 0) is 4.74 Å². The van der Waals surface area contributed by atoms with E-state index in [4.69, 9.17) is 27.9 Å². The Balaban J connectivity index is 1.71. The van der Waals surface area contributed by atoms with E-state index in [1.807, 2.05) is 24.8 Å². The Labute approximate surface area is 162 Å². The summed E-state index contributed by atoms with van der Waals surface area (Å²) in [5.74, 6) is 0.365. The second-order valence-corrected chi connectivity index (χ2v) is 8.04. The topological polar surface area (TPSA) is 47.4 Å². The van der Waals surface area contributed by atoms with Crippen LogP contribution in [-0.4, -0.2) is 45.9 Å². The number of nitrogens with zero attached hydrogens (tertiary/aromatic N) is 3. The molecular weight excluding hydrogens is 373 g/mol.